The van der Waals surface area contributed by atoms with Gasteiger partial charge in [-0.3, -0.25) is 0 Å². The van der Waals surface area contributed by atoms with Gasteiger partial charge >= 0.3 is 0 Å². The minimum atomic E-state index is 0.334. The zero-order valence-electron chi connectivity index (χ0n) is 10.9. The van der Waals surface area contributed by atoms with Crippen LogP contribution in [0.15, 0.2) is 24.3 Å². The van der Waals surface area contributed by atoms with Gasteiger partial charge in [-0.15, -0.1) is 0 Å². The first-order chi connectivity index (χ1) is 8.29. The molecule has 0 bridgehead atoms. The largest absolute Gasteiger partial charge is 0.376 e. The lowest BCUT2D eigenvalue weighted by Gasteiger charge is -2.28. The molecule has 0 heterocycles. The molecule has 0 amide bonds. The van der Waals surface area contributed by atoms with Gasteiger partial charge in [0.2, 0.25) is 0 Å². The Bertz CT molecular complexity index is 329. The lowest BCUT2D eigenvalue weighted by Crippen LogP contribution is -2.30. The number of nitrogens with one attached hydrogen (secondary N) is 1. The zero-order chi connectivity index (χ0) is 12.1. The molecule has 1 aliphatic carbocycles. The highest BCUT2D eigenvalue weighted by Gasteiger charge is 2.20. The van der Waals surface area contributed by atoms with Crippen molar-refractivity contribution in [2.45, 2.75) is 45.3 Å². The van der Waals surface area contributed by atoms with Crippen molar-refractivity contribution in [3.05, 3.63) is 35.4 Å². The molecule has 1 aliphatic rings. The van der Waals surface area contributed by atoms with Gasteiger partial charge < -0.3 is 10.1 Å². The second kappa shape index (κ2) is 6.18. The molecule has 17 heavy (non-hydrogen) atoms. The molecule has 1 N–H and O–H groups in total. The molecule has 0 aliphatic heterocycles. The van der Waals surface area contributed by atoms with E-state index >= 15 is 0 Å². The number of rotatable bonds is 6. The number of ether oxygens (including phenoxy) is 1. The summed E-state index contributed by atoms with van der Waals surface area (Å²) in [6, 6.07) is 9.08. The molecular weight excluding hydrogens is 210 g/mol. The van der Waals surface area contributed by atoms with E-state index in [-0.39, 0.29) is 0 Å². The van der Waals surface area contributed by atoms with Gasteiger partial charge in [-0.1, -0.05) is 36.8 Å². The van der Waals surface area contributed by atoms with E-state index in [9.17, 15) is 0 Å². The summed E-state index contributed by atoms with van der Waals surface area (Å²) in [5.41, 5.74) is 2.64. The quantitative estimate of drug-likeness (QED) is 0.814. The lowest BCUT2D eigenvalue weighted by atomic mass is 9.96. The SMILES string of the molecule is CCNC(COC1CCC1)c1ccc(C)cc1. The molecule has 1 saturated carbocycles. The highest BCUT2D eigenvalue weighted by atomic mass is 16.5. The van der Waals surface area contributed by atoms with E-state index in [2.05, 4.69) is 43.4 Å². The van der Waals surface area contributed by atoms with E-state index in [4.69, 9.17) is 4.74 Å². The van der Waals surface area contributed by atoms with Crippen LogP contribution in [0.2, 0.25) is 0 Å². The summed E-state index contributed by atoms with van der Waals surface area (Å²) in [6.45, 7) is 6.04. The molecule has 1 atom stereocenters. The Balaban J connectivity index is 1.92. The summed E-state index contributed by atoms with van der Waals surface area (Å²) in [7, 11) is 0. The fraction of sp³-hybridized carbons (Fsp3) is 0.600. The molecule has 0 aromatic heterocycles. The predicted molar refractivity (Wildman–Crippen MR) is 71.2 cm³/mol. The minimum absolute atomic E-state index is 0.334. The van der Waals surface area contributed by atoms with Gasteiger partial charge in [0.05, 0.1) is 18.8 Å². The van der Waals surface area contributed by atoms with Crippen LogP contribution in [0, 0.1) is 6.92 Å². The van der Waals surface area contributed by atoms with Crippen LogP contribution in [0.1, 0.15) is 43.4 Å². The molecule has 2 rings (SSSR count). The van der Waals surface area contributed by atoms with Crippen molar-refractivity contribution in [2.75, 3.05) is 13.2 Å². The van der Waals surface area contributed by atoms with Crippen LogP contribution in [0.3, 0.4) is 0 Å². The van der Waals surface area contributed by atoms with Crippen LogP contribution in [-0.2, 0) is 4.74 Å². The average Bonchev–Trinajstić information content (AvgIpc) is 2.27. The van der Waals surface area contributed by atoms with Gasteiger partial charge in [-0.2, -0.15) is 0 Å². The lowest BCUT2D eigenvalue weighted by molar-refractivity contribution is -0.00860. The third-order valence-corrected chi connectivity index (χ3v) is 3.48. The second-order valence-corrected chi connectivity index (χ2v) is 4.91. The standard InChI is InChI=1S/C15H23NO/c1-3-16-15(11-17-14-5-4-6-14)13-9-7-12(2)8-10-13/h7-10,14-16H,3-6,11H2,1-2H3. The van der Waals surface area contributed by atoms with E-state index in [1.165, 1.54) is 30.4 Å². The summed E-state index contributed by atoms with van der Waals surface area (Å²) < 4.78 is 5.91. The van der Waals surface area contributed by atoms with E-state index in [1.54, 1.807) is 0 Å². The number of hydrogen-bond donors (Lipinski definition) is 1. The molecule has 1 aromatic rings. The maximum Gasteiger partial charge on any atom is 0.0665 e. The molecule has 2 nitrogen and oxygen atoms in total. The second-order valence-electron chi connectivity index (χ2n) is 4.91. The summed E-state index contributed by atoms with van der Waals surface area (Å²) in [6.07, 6.45) is 4.34. The van der Waals surface area contributed by atoms with Gasteiger partial charge in [-0.25, -0.2) is 0 Å². The van der Waals surface area contributed by atoms with E-state index < -0.39 is 0 Å². The Labute approximate surface area is 104 Å². The summed E-state index contributed by atoms with van der Waals surface area (Å²) in [4.78, 5) is 0. The zero-order valence-corrected chi connectivity index (χ0v) is 10.9. The van der Waals surface area contributed by atoms with Crippen molar-refractivity contribution < 1.29 is 4.74 Å². The number of benzene rings is 1. The van der Waals surface area contributed by atoms with Crippen LogP contribution in [0.4, 0.5) is 0 Å². The Morgan fingerprint density at radius 3 is 2.53 bits per heavy atom. The normalized spacial score (nSPS) is 17.8. The first-order valence-electron chi connectivity index (χ1n) is 6.71. The maximum atomic E-state index is 5.91. The van der Waals surface area contributed by atoms with Crippen LogP contribution < -0.4 is 5.32 Å². The van der Waals surface area contributed by atoms with Crippen molar-refractivity contribution in [1.29, 1.82) is 0 Å². The topological polar surface area (TPSA) is 21.3 Å². The Morgan fingerprint density at radius 1 is 1.29 bits per heavy atom. The Kier molecular flexibility index (Phi) is 4.57. The molecule has 1 fully saturated rings. The highest BCUT2D eigenvalue weighted by Crippen LogP contribution is 2.24. The van der Waals surface area contributed by atoms with Crippen molar-refractivity contribution in [3.8, 4) is 0 Å². The van der Waals surface area contributed by atoms with Gasteiger partial charge in [0.1, 0.15) is 0 Å². The molecule has 94 valence electrons. The van der Waals surface area contributed by atoms with Gasteiger partial charge in [0.15, 0.2) is 0 Å². The first-order valence-corrected chi connectivity index (χ1v) is 6.71. The predicted octanol–water partition coefficient (Wildman–Crippen LogP) is 3.21. The number of aryl methyl sites for hydroxylation is 1. The van der Waals surface area contributed by atoms with Crippen molar-refractivity contribution >= 4 is 0 Å². The van der Waals surface area contributed by atoms with Crippen LogP contribution in [0.5, 0.6) is 0 Å². The van der Waals surface area contributed by atoms with Crippen LogP contribution >= 0.6 is 0 Å². The Hall–Kier alpha value is -0.860. The molecule has 0 radical (unpaired) electrons. The summed E-state index contributed by atoms with van der Waals surface area (Å²) >= 11 is 0. The van der Waals surface area contributed by atoms with Crippen molar-refractivity contribution in [1.82, 2.24) is 5.32 Å². The summed E-state index contributed by atoms with van der Waals surface area (Å²) in [5.74, 6) is 0. The fourth-order valence-electron chi connectivity index (χ4n) is 2.09. The van der Waals surface area contributed by atoms with Gasteiger partial charge in [0, 0.05) is 0 Å². The molecule has 1 aromatic carbocycles. The van der Waals surface area contributed by atoms with Crippen molar-refractivity contribution in [2.24, 2.45) is 0 Å². The molecule has 1 unspecified atom stereocenters. The van der Waals surface area contributed by atoms with Crippen LogP contribution in [-0.4, -0.2) is 19.3 Å². The number of likely N-dealkylation sites (N-methyl/N-ethyl adjacent to an activating group) is 1. The molecular formula is C15H23NO. The molecule has 0 saturated heterocycles. The average molecular weight is 233 g/mol. The minimum Gasteiger partial charge on any atom is -0.376 e. The van der Waals surface area contributed by atoms with E-state index in [0.29, 0.717) is 12.1 Å². The fourth-order valence-corrected chi connectivity index (χ4v) is 2.09. The maximum absolute atomic E-state index is 5.91. The van der Waals surface area contributed by atoms with E-state index in [1.807, 2.05) is 0 Å². The highest BCUT2D eigenvalue weighted by molar-refractivity contribution is 5.24. The Morgan fingerprint density at radius 2 is 2.00 bits per heavy atom. The third-order valence-electron chi connectivity index (χ3n) is 3.48. The van der Waals surface area contributed by atoms with Gasteiger partial charge in [-0.05, 0) is 38.3 Å². The summed E-state index contributed by atoms with van der Waals surface area (Å²) in [5, 5.41) is 3.50. The van der Waals surface area contributed by atoms with Crippen LogP contribution in [0.25, 0.3) is 0 Å². The first kappa shape index (κ1) is 12.6. The molecule has 2 heteroatoms. The van der Waals surface area contributed by atoms with Gasteiger partial charge in [0.25, 0.3) is 0 Å². The molecule has 0 spiro atoms. The smallest absolute Gasteiger partial charge is 0.0665 e. The third kappa shape index (κ3) is 3.55. The van der Waals surface area contributed by atoms with E-state index in [0.717, 1.165) is 13.2 Å². The number of hydrogen-bond acceptors (Lipinski definition) is 2. The van der Waals surface area contributed by atoms with Crippen molar-refractivity contribution in [3.63, 3.8) is 0 Å². The monoisotopic (exact) mass is 233 g/mol.